The number of carbonyl (C=O) groups excluding carboxylic acids is 1. The molecule has 0 aliphatic rings. The minimum Gasteiger partial charge on any atom is -0.497 e. The molecule has 1 amide bonds. The van der Waals surface area contributed by atoms with E-state index in [-0.39, 0.29) is 12.5 Å². The molecule has 0 spiro atoms. The molecule has 2 aromatic rings. The lowest BCUT2D eigenvalue weighted by Gasteiger charge is -2.10. The molecule has 1 aromatic carbocycles. The number of ether oxygens (including phenoxy) is 2. The second-order valence-corrected chi connectivity index (χ2v) is 3.68. The van der Waals surface area contributed by atoms with Gasteiger partial charge in [-0.05, 0) is 18.2 Å². The van der Waals surface area contributed by atoms with Crippen LogP contribution in [0.3, 0.4) is 0 Å². The number of rotatable bonds is 5. The van der Waals surface area contributed by atoms with E-state index in [0.717, 1.165) is 0 Å². The van der Waals surface area contributed by atoms with E-state index in [1.165, 1.54) is 20.5 Å². The van der Waals surface area contributed by atoms with Crippen molar-refractivity contribution in [3.05, 3.63) is 35.9 Å². The third kappa shape index (κ3) is 3.01. The van der Waals surface area contributed by atoms with Crippen molar-refractivity contribution < 1.29 is 14.3 Å². The molecule has 0 unspecified atom stereocenters. The molecule has 2 rings (SSSR count). The maximum Gasteiger partial charge on any atom is 0.255 e. The first-order chi connectivity index (χ1) is 9.24. The fraction of sp³-hybridized carbons (Fsp3) is 0.250. The highest BCUT2D eigenvalue weighted by Crippen LogP contribution is 2.23. The summed E-state index contributed by atoms with van der Waals surface area (Å²) in [6.07, 6.45) is 1.38. The van der Waals surface area contributed by atoms with Gasteiger partial charge < -0.3 is 14.8 Å². The molecule has 19 heavy (non-hydrogen) atoms. The molecule has 0 saturated carbocycles. The van der Waals surface area contributed by atoms with Crippen molar-refractivity contribution in [2.75, 3.05) is 14.2 Å². The van der Waals surface area contributed by atoms with Crippen LogP contribution in [0.5, 0.6) is 11.5 Å². The summed E-state index contributed by atoms with van der Waals surface area (Å²) in [4.78, 5) is 16.0. The zero-order valence-electron chi connectivity index (χ0n) is 10.6. The summed E-state index contributed by atoms with van der Waals surface area (Å²) in [7, 11) is 3.05. The highest BCUT2D eigenvalue weighted by molar-refractivity contribution is 5.97. The summed E-state index contributed by atoms with van der Waals surface area (Å²) < 4.78 is 10.2. The smallest absolute Gasteiger partial charge is 0.255 e. The molecule has 100 valence electrons. The average molecular weight is 262 g/mol. The van der Waals surface area contributed by atoms with Crippen LogP contribution >= 0.6 is 0 Å². The van der Waals surface area contributed by atoms with E-state index < -0.39 is 0 Å². The van der Waals surface area contributed by atoms with Crippen LogP contribution in [-0.2, 0) is 6.54 Å². The monoisotopic (exact) mass is 262 g/mol. The maximum absolute atomic E-state index is 12.1. The van der Waals surface area contributed by atoms with Crippen molar-refractivity contribution in [2.45, 2.75) is 6.54 Å². The van der Waals surface area contributed by atoms with E-state index in [1.807, 2.05) is 0 Å². The minimum absolute atomic E-state index is 0.263. The Morgan fingerprint density at radius 3 is 2.84 bits per heavy atom. The summed E-state index contributed by atoms with van der Waals surface area (Å²) in [5.74, 6) is 1.38. The number of methoxy groups -OCH3 is 2. The van der Waals surface area contributed by atoms with Crippen molar-refractivity contribution in [1.29, 1.82) is 0 Å². The molecule has 0 aliphatic heterocycles. The summed E-state index contributed by atoms with van der Waals surface area (Å²) in [6.45, 7) is 0.263. The number of nitrogens with one attached hydrogen (secondary N) is 2. The Labute approximate surface area is 110 Å². The summed E-state index contributed by atoms with van der Waals surface area (Å²) in [5.41, 5.74) is 0.404. The number of carbonyl (C=O) groups is 1. The van der Waals surface area contributed by atoms with Gasteiger partial charge in [-0.25, -0.2) is 4.98 Å². The van der Waals surface area contributed by atoms with Crippen molar-refractivity contribution in [3.8, 4) is 11.5 Å². The number of hydrogen-bond donors (Lipinski definition) is 2. The Hall–Kier alpha value is -2.57. The van der Waals surface area contributed by atoms with E-state index in [9.17, 15) is 4.79 Å². The van der Waals surface area contributed by atoms with E-state index in [1.54, 1.807) is 18.2 Å². The molecule has 0 atom stereocenters. The minimum atomic E-state index is -0.271. The van der Waals surface area contributed by atoms with E-state index in [2.05, 4.69) is 20.5 Å². The first-order valence-corrected chi connectivity index (χ1v) is 5.59. The molecule has 0 saturated heterocycles. The second kappa shape index (κ2) is 5.85. The van der Waals surface area contributed by atoms with Gasteiger partial charge in [0.1, 0.15) is 23.7 Å². The second-order valence-electron chi connectivity index (χ2n) is 3.68. The van der Waals surface area contributed by atoms with Gasteiger partial charge in [0.05, 0.1) is 26.3 Å². The van der Waals surface area contributed by atoms with Gasteiger partial charge in [0, 0.05) is 0 Å². The third-order valence-corrected chi connectivity index (χ3v) is 2.53. The zero-order chi connectivity index (χ0) is 13.7. The van der Waals surface area contributed by atoms with Crippen molar-refractivity contribution in [1.82, 2.24) is 20.5 Å². The van der Waals surface area contributed by atoms with Crippen LogP contribution in [0.15, 0.2) is 24.5 Å². The van der Waals surface area contributed by atoms with Gasteiger partial charge in [0.25, 0.3) is 5.91 Å². The number of aromatic nitrogens is 3. The van der Waals surface area contributed by atoms with Crippen LogP contribution in [-0.4, -0.2) is 35.3 Å². The van der Waals surface area contributed by atoms with Gasteiger partial charge >= 0.3 is 0 Å². The Morgan fingerprint density at radius 1 is 1.37 bits per heavy atom. The van der Waals surface area contributed by atoms with Crippen molar-refractivity contribution in [3.63, 3.8) is 0 Å². The molecule has 2 N–H and O–H groups in total. The standard InChI is InChI=1S/C12H14N4O3/c1-18-8-3-4-10(19-2)9(5-8)12(17)13-6-11-14-7-15-16-11/h3-5,7H,6H2,1-2H3,(H,13,17)(H,14,15,16). The summed E-state index contributed by atoms with van der Waals surface area (Å²) in [5, 5.41) is 9.08. The first kappa shape index (κ1) is 12.9. The van der Waals surface area contributed by atoms with Gasteiger partial charge in [-0.1, -0.05) is 0 Å². The zero-order valence-corrected chi connectivity index (χ0v) is 10.6. The van der Waals surface area contributed by atoms with E-state index in [4.69, 9.17) is 9.47 Å². The number of aromatic amines is 1. The molecule has 0 aliphatic carbocycles. The quantitative estimate of drug-likeness (QED) is 0.830. The van der Waals surface area contributed by atoms with Crippen LogP contribution in [0, 0.1) is 0 Å². The summed E-state index contributed by atoms with van der Waals surface area (Å²) >= 11 is 0. The predicted octanol–water partition coefficient (Wildman–Crippen LogP) is 0.752. The van der Waals surface area contributed by atoms with Crippen molar-refractivity contribution in [2.24, 2.45) is 0 Å². The van der Waals surface area contributed by atoms with Crippen LogP contribution in [0.2, 0.25) is 0 Å². The highest BCUT2D eigenvalue weighted by Gasteiger charge is 2.13. The number of hydrogen-bond acceptors (Lipinski definition) is 5. The normalized spacial score (nSPS) is 10.0. The van der Waals surface area contributed by atoms with Gasteiger partial charge in [0.15, 0.2) is 0 Å². The maximum atomic E-state index is 12.1. The average Bonchev–Trinajstić information content (AvgIpc) is 2.97. The number of benzene rings is 1. The molecule has 7 nitrogen and oxygen atoms in total. The lowest BCUT2D eigenvalue weighted by atomic mass is 10.1. The Balaban J connectivity index is 2.12. The van der Waals surface area contributed by atoms with Crippen LogP contribution < -0.4 is 14.8 Å². The van der Waals surface area contributed by atoms with E-state index in [0.29, 0.717) is 22.9 Å². The van der Waals surface area contributed by atoms with Gasteiger partial charge in [-0.3, -0.25) is 9.89 Å². The van der Waals surface area contributed by atoms with E-state index >= 15 is 0 Å². The summed E-state index contributed by atoms with van der Waals surface area (Å²) in [6, 6.07) is 5.03. The predicted molar refractivity (Wildman–Crippen MR) is 67.1 cm³/mol. The molecule has 0 bridgehead atoms. The van der Waals surface area contributed by atoms with Crippen LogP contribution in [0.4, 0.5) is 0 Å². The van der Waals surface area contributed by atoms with Crippen LogP contribution in [0.25, 0.3) is 0 Å². The SMILES string of the molecule is COc1ccc(OC)c(C(=O)NCc2ncn[nH]2)c1. The lowest BCUT2D eigenvalue weighted by Crippen LogP contribution is -2.24. The molecule has 1 heterocycles. The largest absolute Gasteiger partial charge is 0.497 e. The Bertz CT molecular complexity index is 554. The van der Waals surface area contributed by atoms with Gasteiger partial charge in [-0.15, -0.1) is 0 Å². The Morgan fingerprint density at radius 2 is 2.21 bits per heavy atom. The van der Waals surface area contributed by atoms with Crippen LogP contribution in [0.1, 0.15) is 16.2 Å². The molecular weight excluding hydrogens is 248 g/mol. The first-order valence-electron chi connectivity index (χ1n) is 5.59. The lowest BCUT2D eigenvalue weighted by molar-refractivity contribution is 0.0946. The number of amides is 1. The fourth-order valence-corrected chi connectivity index (χ4v) is 1.57. The third-order valence-electron chi connectivity index (χ3n) is 2.53. The molecule has 0 fully saturated rings. The molecule has 1 aromatic heterocycles. The van der Waals surface area contributed by atoms with Crippen molar-refractivity contribution >= 4 is 5.91 Å². The van der Waals surface area contributed by atoms with Gasteiger partial charge in [-0.2, -0.15) is 5.10 Å². The highest BCUT2D eigenvalue weighted by atomic mass is 16.5. The van der Waals surface area contributed by atoms with Gasteiger partial charge in [0.2, 0.25) is 0 Å². The number of H-pyrrole nitrogens is 1. The topological polar surface area (TPSA) is 89.1 Å². The number of nitrogens with zero attached hydrogens (tertiary/aromatic N) is 2. The molecule has 7 heteroatoms. The molecular formula is C12H14N4O3. The fourth-order valence-electron chi connectivity index (χ4n) is 1.57. The molecule has 0 radical (unpaired) electrons. The Kier molecular flexibility index (Phi) is 3.97.